The van der Waals surface area contributed by atoms with E-state index in [1.807, 2.05) is 54.6 Å². The quantitative estimate of drug-likeness (QED) is 0.290. The third-order valence-corrected chi connectivity index (χ3v) is 7.64. The molecule has 37 heavy (non-hydrogen) atoms. The van der Waals surface area contributed by atoms with Gasteiger partial charge in [-0.05, 0) is 78.5 Å². The summed E-state index contributed by atoms with van der Waals surface area (Å²) in [5.41, 5.74) is 0.824. The highest BCUT2D eigenvalue weighted by molar-refractivity contribution is 9.10. The molecule has 8 heteroatoms. The van der Waals surface area contributed by atoms with E-state index in [4.69, 9.17) is 4.74 Å². The lowest BCUT2D eigenvalue weighted by Gasteiger charge is -2.42. The van der Waals surface area contributed by atoms with Gasteiger partial charge in [0.25, 0.3) is 0 Å². The van der Waals surface area contributed by atoms with Crippen molar-refractivity contribution in [3.05, 3.63) is 99.8 Å². The number of hydrogen-bond donors (Lipinski definition) is 1. The number of halogens is 5. The smallest absolute Gasteiger partial charge is 0.384 e. The zero-order valence-electron chi connectivity index (χ0n) is 20.3. The summed E-state index contributed by atoms with van der Waals surface area (Å²) in [6.07, 6.45) is -2.68. The molecule has 1 fully saturated rings. The molecule has 0 bridgehead atoms. The van der Waals surface area contributed by atoms with Gasteiger partial charge in [0.2, 0.25) is 5.91 Å². The minimum atomic E-state index is -4.67. The molecule has 1 amide bonds. The van der Waals surface area contributed by atoms with Crippen LogP contribution < -0.4 is 5.32 Å². The lowest BCUT2D eigenvalue weighted by atomic mass is 9.63. The minimum absolute atomic E-state index is 0.0374. The van der Waals surface area contributed by atoms with E-state index >= 15 is 0 Å². The second-order valence-corrected chi connectivity index (χ2v) is 10.5. The van der Waals surface area contributed by atoms with Crippen molar-refractivity contribution in [2.24, 2.45) is 17.8 Å². The Morgan fingerprint density at radius 3 is 2.35 bits per heavy atom. The molecule has 0 heterocycles. The molecule has 0 spiro atoms. The Hall–Kier alpha value is -2.71. The Balaban J connectivity index is 1.68. The van der Waals surface area contributed by atoms with Gasteiger partial charge in [-0.2, -0.15) is 13.2 Å². The van der Waals surface area contributed by atoms with Crippen molar-refractivity contribution in [3.63, 3.8) is 0 Å². The van der Waals surface area contributed by atoms with Gasteiger partial charge in [-0.1, -0.05) is 58.4 Å². The van der Waals surface area contributed by atoms with Gasteiger partial charge in [0.05, 0.1) is 11.3 Å². The van der Waals surface area contributed by atoms with Crippen molar-refractivity contribution in [2.75, 3.05) is 19.0 Å². The molecule has 196 valence electrons. The van der Waals surface area contributed by atoms with Crippen LogP contribution in [0.3, 0.4) is 0 Å². The first-order valence-electron chi connectivity index (χ1n) is 12.1. The Labute approximate surface area is 222 Å². The Morgan fingerprint density at radius 1 is 1.03 bits per heavy atom. The van der Waals surface area contributed by atoms with Gasteiger partial charge in [0.1, 0.15) is 5.82 Å². The maximum Gasteiger partial charge on any atom is 0.416 e. The monoisotopic (exact) mass is 577 g/mol. The van der Waals surface area contributed by atoms with Gasteiger partial charge in [0, 0.05) is 24.1 Å². The number of amides is 1. The molecule has 3 aromatic carbocycles. The summed E-state index contributed by atoms with van der Waals surface area (Å²) >= 11 is 3.48. The van der Waals surface area contributed by atoms with Gasteiger partial charge in [-0.15, -0.1) is 0 Å². The van der Waals surface area contributed by atoms with Crippen LogP contribution in [-0.4, -0.2) is 19.6 Å². The molecule has 4 atom stereocenters. The Morgan fingerprint density at radius 2 is 1.73 bits per heavy atom. The molecular formula is C29H28BrF4NO2. The first kappa shape index (κ1) is 27.3. The minimum Gasteiger partial charge on any atom is -0.384 e. The lowest BCUT2D eigenvalue weighted by Crippen LogP contribution is -2.41. The van der Waals surface area contributed by atoms with Crippen LogP contribution >= 0.6 is 15.9 Å². The fourth-order valence-electron chi connectivity index (χ4n) is 5.40. The zero-order valence-corrected chi connectivity index (χ0v) is 21.9. The molecule has 0 radical (unpaired) electrons. The number of rotatable bonds is 7. The zero-order chi connectivity index (χ0) is 26.6. The number of ether oxygens (including phenoxy) is 1. The number of carbonyl (C=O) groups excluding carboxylic acids is 1. The average molecular weight is 578 g/mol. The van der Waals surface area contributed by atoms with E-state index < -0.39 is 29.4 Å². The number of anilines is 1. The van der Waals surface area contributed by atoms with Crippen molar-refractivity contribution < 1.29 is 27.1 Å². The summed E-state index contributed by atoms with van der Waals surface area (Å²) in [5, 5.41) is 2.59. The highest BCUT2D eigenvalue weighted by atomic mass is 79.9. The third-order valence-electron chi connectivity index (χ3n) is 7.11. The van der Waals surface area contributed by atoms with E-state index in [-0.39, 0.29) is 23.4 Å². The van der Waals surface area contributed by atoms with Crippen LogP contribution in [0.25, 0.3) is 0 Å². The van der Waals surface area contributed by atoms with Crippen LogP contribution in [0.4, 0.5) is 23.2 Å². The Bertz CT molecular complexity index is 1200. The standard InChI is InChI=1S/C29H28BrF4NO2/c1-37-17-19-14-23(20-7-10-22(30)11-8-20)24(13-18-5-3-2-4-6-18)25(15-19)28(36)35-27-12-9-21(16-26(27)31)29(32,33)34/h2-12,16,19,23-25H,13-15,17H2,1H3,(H,35,36)/t19-,23-,24-,25-/m1/s1. The maximum absolute atomic E-state index is 14.6. The van der Waals surface area contributed by atoms with E-state index in [0.717, 1.165) is 34.2 Å². The molecule has 1 saturated carbocycles. The summed E-state index contributed by atoms with van der Waals surface area (Å²) in [6, 6.07) is 20.1. The van der Waals surface area contributed by atoms with Gasteiger partial charge >= 0.3 is 6.18 Å². The SMILES string of the molecule is COC[C@@H]1C[C@H](c2ccc(Br)cc2)[C@@H](Cc2ccccc2)[C@H](C(=O)Nc2ccc(C(F)(F)F)cc2F)C1. The normalized spacial score (nSPS) is 22.0. The first-order chi connectivity index (χ1) is 17.7. The summed E-state index contributed by atoms with van der Waals surface area (Å²) in [5.74, 6) is -1.98. The largest absolute Gasteiger partial charge is 0.416 e. The summed E-state index contributed by atoms with van der Waals surface area (Å²) in [6.45, 7) is 0.476. The molecule has 1 N–H and O–H groups in total. The number of hydrogen-bond acceptors (Lipinski definition) is 2. The summed E-state index contributed by atoms with van der Waals surface area (Å²) < 4.78 is 59.9. The van der Waals surface area contributed by atoms with Gasteiger partial charge in [-0.3, -0.25) is 4.79 Å². The maximum atomic E-state index is 14.6. The Kier molecular flexibility index (Phi) is 8.70. The average Bonchev–Trinajstić information content (AvgIpc) is 2.86. The molecule has 0 saturated heterocycles. The van der Waals surface area contributed by atoms with Crippen LogP contribution in [0.1, 0.15) is 35.4 Å². The van der Waals surface area contributed by atoms with Crippen LogP contribution in [0.5, 0.6) is 0 Å². The van der Waals surface area contributed by atoms with Crippen LogP contribution in [0, 0.1) is 23.6 Å². The predicted molar refractivity (Wildman–Crippen MR) is 139 cm³/mol. The third kappa shape index (κ3) is 6.79. The molecule has 4 rings (SSSR count). The summed E-state index contributed by atoms with van der Waals surface area (Å²) in [7, 11) is 1.62. The summed E-state index contributed by atoms with van der Waals surface area (Å²) in [4.78, 5) is 13.6. The topological polar surface area (TPSA) is 38.3 Å². The van der Waals surface area contributed by atoms with Gasteiger partial charge in [-0.25, -0.2) is 4.39 Å². The number of nitrogens with one attached hydrogen (secondary N) is 1. The molecule has 1 aliphatic carbocycles. The molecule has 3 nitrogen and oxygen atoms in total. The van der Waals surface area contributed by atoms with E-state index in [9.17, 15) is 22.4 Å². The highest BCUT2D eigenvalue weighted by Gasteiger charge is 2.42. The van der Waals surface area contributed by atoms with Crippen molar-refractivity contribution in [1.29, 1.82) is 0 Å². The van der Waals surface area contributed by atoms with Crippen molar-refractivity contribution in [1.82, 2.24) is 0 Å². The van der Waals surface area contributed by atoms with Crippen molar-refractivity contribution >= 4 is 27.5 Å². The van der Waals surface area contributed by atoms with Crippen LogP contribution in [0.2, 0.25) is 0 Å². The predicted octanol–water partition coefficient (Wildman–Crippen LogP) is 7.86. The fourth-order valence-corrected chi connectivity index (χ4v) is 5.66. The molecule has 0 unspecified atom stereocenters. The van der Waals surface area contributed by atoms with Crippen LogP contribution in [-0.2, 0) is 22.1 Å². The second kappa shape index (κ2) is 11.8. The molecular weight excluding hydrogens is 550 g/mol. The fraction of sp³-hybridized carbons (Fsp3) is 0.345. The number of alkyl halides is 3. The van der Waals surface area contributed by atoms with Crippen molar-refractivity contribution in [2.45, 2.75) is 31.4 Å². The molecule has 3 aromatic rings. The molecule has 1 aliphatic rings. The first-order valence-corrected chi connectivity index (χ1v) is 12.9. The van der Waals surface area contributed by atoms with Gasteiger partial charge in [0.15, 0.2) is 0 Å². The second-order valence-electron chi connectivity index (χ2n) is 9.59. The van der Waals surface area contributed by atoms with E-state index in [2.05, 4.69) is 21.2 Å². The van der Waals surface area contributed by atoms with E-state index in [1.165, 1.54) is 0 Å². The lowest BCUT2D eigenvalue weighted by molar-refractivity contribution is -0.137. The molecule has 0 aromatic heterocycles. The highest BCUT2D eigenvalue weighted by Crippen LogP contribution is 2.46. The van der Waals surface area contributed by atoms with E-state index in [0.29, 0.717) is 25.5 Å². The number of carbonyl (C=O) groups is 1. The number of methoxy groups -OCH3 is 1. The molecule has 0 aliphatic heterocycles. The number of benzene rings is 3. The van der Waals surface area contributed by atoms with Gasteiger partial charge < -0.3 is 10.1 Å². The van der Waals surface area contributed by atoms with Crippen molar-refractivity contribution in [3.8, 4) is 0 Å². The van der Waals surface area contributed by atoms with E-state index in [1.54, 1.807) is 7.11 Å². The van der Waals surface area contributed by atoms with Crippen LogP contribution in [0.15, 0.2) is 77.3 Å².